The van der Waals surface area contributed by atoms with Gasteiger partial charge in [0.05, 0.1) is 5.41 Å². The molecule has 0 radical (unpaired) electrons. The SMILES string of the molecule is [2H]C([2H])c1noc(C23CNCC2C3)n1. The fraction of sp³-hybridized carbons (Fsp3) is 0.750. The summed E-state index contributed by atoms with van der Waals surface area (Å²) in [6.07, 6.45) is 1.10. The first-order valence-electron chi connectivity index (χ1n) is 5.27. The van der Waals surface area contributed by atoms with Gasteiger partial charge in [-0.25, -0.2) is 0 Å². The highest BCUT2D eigenvalue weighted by atomic mass is 16.5. The lowest BCUT2D eigenvalue weighted by molar-refractivity contribution is 0.343. The Morgan fingerprint density at radius 1 is 1.83 bits per heavy atom. The molecule has 2 atom stereocenters. The summed E-state index contributed by atoms with van der Waals surface area (Å²) in [4.78, 5) is 4.11. The molecule has 1 saturated carbocycles. The van der Waals surface area contributed by atoms with Gasteiger partial charge in [0, 0.05) is 9.29 Å². The van der Waals surface area contributed by atoms with Crippen LogP contribution in [0.3, 0.4) is 0 Å². The van der Waals surface area contributed by atoms with Gasteiger partial charge in [0.15, 0.2) is 5.82 Å². The second-order valence-corrected chi connectivity index (χ2v) is 3.65. The van der Waals surface area contributed by atoms with Gasteiger partial charge in [-0.15, -0.1) is 0 Å². The fourth-order valence-electron chi connectivity index (χ4n) is 2.11. The van der Waals surface area contributed by atoms with Crippen molar-refractivity contribution >= 4 is 0 Å². The van der Waals surface area contributed by atoms with Gasteiger partial charge in [-0.05, 0) is 25.8 Å². The first-order valence-corrected chi connectivity index (χ1v) is 4.12. The van der Waals surface area contributed by atoms with Crippen molar-refractivity contribution in [2.75, 3.05) is 13.1 Å². The molecule has 0 amide bonds. The van der Waals surface area contributed by atoms with Crippen molar-refractivity contribution in [3.63, 3.8) is 0 Å². The van der Waals surface area contributed by atoms with Gasteiger partial charge < -0.3 is 9.84 Å². The summed E-state index contributed by atoms with van der Waals surface area (Å²) in [5.41, 5.74) is 0.0418. The standard InChI is InChI=1S/C8H11N3O/c1-5-10-7(12-11-5)8-2-6(8)3-9-4-8/h6,9H,2-4H2,1H3/i1D2. The highest BCUT2D eigenvalue weighted by molar-refractivity contribution is 5.25. The number of hydrogen-bond acceptors (Lipinski definition) is 4. The van der Waals surface area contributed by atoms with Crippen LogP contribution < -0.4 is 5.32 Å². The Morgan fingerprint density at radius 3 is 3.42 bits per heavy atom. The Bertz CT molecular complexity index is 367. The van der Waals surface area contributed by atoms with E-state index in [0.717, 1.165) is 19.5 Å². The maximum absolute atomic E-state index is 7.15. The van der Waals surface area contributed by atoms with Crippen molar-refractivity contribution < 1.29 is 7.26 Å². The van der Waals surface area contributed by atoms with Crippen LogP contribution in [0.5, 0.6) is 0 Å². The minimum Gasteiger partial charge on any atom is -0.339 e. The minimum atomic E-state index is -1.14. The molecule has 3 rings (SSSR count). The second-order valence-electron chi connectivity index (χ2n) is 3.65. The molecule has 1 saturated heterocycles. The van der Waals surface area contributed by atoms with Crippen molar-refractivity contribution in [1.82, 2.24) is 15.5 Å². The molecular formula is C8H11N3O. The van der Waals surface area contributed by atoms with Gasteiger partial charge >= 0.3 is 0 Å². The van der Waals surface area contributed by atoms with Gasteiger partial charge in [-0.2, -0.15) is 4.98 Å². The van der Waals surface area contributed by atoms with Crippen LogP contribution in [0.1, 0.15) is 20.9 Å². The molecule has 64 valence electrons. The van der Waals surface area contributed by atoms with E-state index in [1.807, 2.05) is 0 Å². The Hall–Kier alpha value is -0.900. The molecule has 4 nitrogen and oxygen atoms in total. The number of aryl methyl sites for hydroxylation is 1. The van der Waals surface area contributed by atoms with E-state index < -0.39 is 6.88 Å². The Kier molecular flexibility index (Phi) is 0.777. The van der Waals surface area contributed by atoms with Crippen LogP contribution >= 0.6 is 0 Å². The number of piperidine rings is 1. The summed E-state index contributed by atoms with van der Waals surface area (Å²) in [7, 11) is 0. The van der Waals surface area contributed by atoms with E-state index in [9.17, 15) is 0 Å². The predicted octanol–water partition coefficient (Wildman–Crippen LogP) is 0.239. The molecular weight excluding hydrogens is 154 g/mol. The maximum Gasteiger partial charge on any atom is 0.234 e. The molecule has 4 heteroatoms. The first-order chi connectivity index (χ1) is 6.72. The lowest BCUT2D eigenvalue weighted by atomic mass is 10.1. The normalized spacial score (nSPS) is 40.9. The first kappa shape index (κ1) is 4.97. The molecule has 1 aliphatic carbocycles. The third-order valence-corrected chi connectivity index (χ3v) is 2.93. The van der Waals surface area contributed by atoms with Gasteiger partial charge in [0.2, 0.25) is 5.89 Å². The number of hydrogen-bond donors (Lipinski definition) is 1. The van der Waals surface area contributed by atoms with Crippen molar-refractivity contribution in [3.8, 4) is 0 Å². The molecule has 1 aliphatic heterocycles. The number of nitrogens with one attached hydrogen (secondary N) is 1. The van der Waals surface area contributed by atoms with E-state index in [1.165, 1.54) is 0 Å². The monoisotopic (exact) mass is 167 g/mol. The number of rotatable bonds is 1. The van der Waals surface area contributed by atoms with E-state index in [0.29, 0.717) is 11.8 Å². The lowest BCUT2D eigenvalue weighted by Crippen LogP contribution is -2.19. The van der Waals surface area contributed by atoms with Crippen molar-refractivity contribution in [2.45, 2.75) is 18.7 Å². The van der Waals surface area contributed by atoms with E-state index in [4.69, 9.17) is 7.26 Å². The van der Waals surface area contributed by atoms with E-state index in [-0.39, 0.29) is 11.2 Å². The Labute approximate surface area is 73.2 Å². The zero-order valence-electron chi connectivity index (χ0n) is 8.58. The summed E-state index contributed by atoms with van der Waals surface area (Å²) >= 11 is 0. The van der Waals surface area contributed by atoms with E-state index in [1.54, 1.807) is 0 Å². The van der Waals surface area contributed by atoms with Crippen molar-refractivity contribution in [1.29, 1.82) is 0 Å². The van der Waals surface area contributed by atoms with Crippen LogP contribution in [-0.4, -0.2) is 23.2 Å². The zero-order chi connectivity index (χ0) is 9.76. The summed E-state index contributed by atoms with van der Waals surface area (Å²) in [6, 6.07) is 0. The van der Waals surface area contributed by atoms with Crippen LogP contribution in [0.25, 0.3) is 0 Å². The van der Waals surface area contributed by atoms with Crippen LogP contribution in [0.4, 0.5) is 0 Å². The minimum absolute atomic E-state index is 0.0418. The summed E-state index contributed by atoms with van der Waals surface area (Å²) in [5, 5.41) is 6.92. The largest absolute Gasteiger partial charge is 0.339 e. The molecule has 1 aromatic rings. The second kappa shape index (κ2) is 1.88. The van der Waals surface area contributed by atoms with Crippen LogP contribution in [0.2, 0.25) is 0 Å². The average Bonchev–Trinajstić information content (AvgIpc) is 2.63. The zero-order valence-corrected chi connectivity index (χ0v) is 6.58. The third-order valence-electron chi connectivity index (χ3n) is 2.93. The summed E-state index contributed by atoms with van der Waals surface area (Å²) in [5.74, 6) is 1.41. The molecule has 2 aliphatic rings. The molecule has 2 unspecified atom stereocenters. The molecule has 0 bridgehead atoms. The molecule has 1 N–H and O–H groups in total. The van der Waals surface area contributed by atoms with Crippen LogP contribution in [-0.2, 0) is 5.41 Å². The van der Waals surface area contributed by atoms with Gasteiger partial charge in [0.25, 0.3) is 0 Å². The number of aromatic nitrogens is 2. The highest BCUT2D eigenvalue weighted by Crippen LogP contribution is 2.55. The lowest BCUT2D eigenvalue weighted by Gasteiger charge is -2.02. The Morgan fingerprint density at radius 2 is 2.83 bits per heavy atom. The van der Waals surface area contributed by atoms with Crippen molar-refractivity contribution in [3.05, 3.63) is 11.7 Å². The summed E-state index contributed by atoms with van der Waals surface area (Å²) < 4.78 is 19.4. The quantitative estimate of drug-likeness (QED) is 0.651. The van der Waals surface area contributed by atoms with Gasteiger partial charge in [0.1, 0.15) is 0 Å². The molecule has 2 heterocycles. The number of nitrogens with zero attached hydrogens (tertiary/aromatic N) is 2. The van der Waals surface area contributed by atoms with Crippen LogP contribution in [0.15, 0.2) is 4.52 Å². The summed E-state index contributed by atoms with van der Waals surface area (Å²) in [6.45, 7) is 0.763. The fourth-order valence-corrected chi connectivity index (χ4v) is 2.11. The number of fused-ring (bicyclic) bond motifs is 1. The molecule has 0 spiro atoms. The molecule has 2 fully saturated rings. The van der Waals surface area contributed by atoms with Crippen molar-refractivity contribution in [2.24, 2.45) is 5.92 Å². The topological polar surface area (TPSA) is 51.0 Å². The molecule has 1 aromatic heterocycles. The third kappa shape index (κ3) is 0.659. The smallest absolute Gasteiger partial charge is 0.234 e. The molecule has 0 aromatic carbocycles. The maximum atomic E-state index is 7.15. The van der Waals surface area contributed by atoms with Gasteiger partial charge in [-0.1, -0.05) is 5.16 Å². The molecule has 12 heavy (non-hydrogen) atoms. The predicted molar refractivity (Wildman–Crippen MR) is 41.7 cm³/mol. The highest BCUT2D eigenvalue weighted by Gasteiger charge is 2.62. The average molecular weight is 167 g/mol. The van der Waals surface area contributed by atoms with E-state index >= 15 is 0 Å². The van der Waals surface area contributed by atoms with Crippen LogP contribution in [0, 0.1) is 12.8 Å². The van der Waals surface area contributed by atoms with Gasteiger partial charge in [-0.3, -0.25) is 0 Å². The van der Waals surface area contributed by atoms with E-state index in [2.05, 4.69) is 15.5 Å². The Balaban J connectivity index is 1.90.